The van der Waals surface area contributed by atoms with E-state index in [-0.39, 0.29) is 0 Å². The van der Waals surface area contributed by atoms with E-state index in [9.17, 15) is 0 Å². The molecule has 0 aliphatic carbocycles. The molecule has 9 aromatic carbocycles. The number of rotatable bonds is 12. The molecular weight excluding hydrogens is 881 g/mol. The molecule has 9 rings (SSSR count). The quantitative estimate of drug-likeness (QED) is 0.0697. The summed E-state index contributed by atoms with van der Waals surface area (Å²) in [5.74, 6) is 0. The first kappa shape index (κ1) is 44.3. The highest BCUT2D eigenvalue weighted by Crippen LogP contribution is 2.41. The maximum Gasteiger partial charge on any atom is 0.0909 e. The van der Waals surface area contributed by atoms with Crippen LogP contribution in [0.4, 0.5) is 22.7 Å². The van der Waals surface area contributed by atoms with Crippen molar-refractivity contribution in [1.29, 1.82) is 0 Å². The standard InChI is InChI=1S/C58H42N4S4/c63-55-25-21-43(39-13-5-1-6-14-39)29-47(55)35-59-51-33-53(61-37-49-31-45(23-27-57(49)65)41-17-9-3-10-18-41)54(62-38-50-32-46(24-28-58(50)66)42-19-11-4-12-20-42)34-52(51)60-36-48-30-44(22-26-56(48)64)40-15-7-2-8-16-40/h1-38,63-66H. The van der Waals surface area contributed by atoms with Crippen molar-refractivity contribution in [3.05, 3.63) is 229 Å². The molecule has 0 aliphatic heterocycles. The number of hydrogen-bond donors (Lipinski definition) is 4. The fourth-order valence-electron chi connectivity index (χ4n) is 7.40. The molecule has 0 heterocycles. The maximum absolute atomic E-state index is 5.12. The zero-order valence-electron chi connectivity index (χ0n) is 35.5. The number of thiol groups is 4. The molecule has 0 N–H and O–H groups in total. The zero-order valence-corrected chi connectivity index (χ0v) is 39.1. The van der Waals surface area contributed by atoms with Crippen LogP contribution in [0, 0.1) is 0 Å². The summed E-state index contributed by atoms with van der Waals surface area (Å²) in [6, 6.07) is 69.5. The van der Waals surface area contributed by atoms with Gasteiger partial charge in [0.15, 0.2) is 0 Å². The molecule has 0 radical (unpaired) electrons. The minimum Gasteiger partial charge on any atom is -0.254 e. The van der Waals surface area contributed by atoms with Gasteiger partial charge in [-0.15, -0.1) is 50.5 Å². The van der Waals surface area contributed by atoms with E-state index in [4.69, 9.17) is 70.5 Å². The van der Waals surface area contributed by atoms with Gasteiger partial charge in [-0.05, 0) is 105 Å². The van der Waals surface area contributed by atoms with E-state index in [0.717, 1.165) is 86.3 Å². The molecule has 0 aliphatic rings. The third-order valence-corrected chi connectivity index (χ3v) is 12.6. The van der Waals surface area contributed by atoms with Crippen molar-refractivity contribution in [2.75, 3.05) is 0 Å². The van der Waals surface area contributed by atoms with E-state index < -0.39 is 0 Å². The summed E-state index contributed by atoms with van der Waals surface area (Å²) in [6.07, 6.45) is 7.32. The van der Waals surface area contributed by atoms with Gasteiger partial charge >= 0.3 is 0 Å². The second kappa shape index (κ2) is 20.9. The third kappa shape index (κ3) is 10.8. The summed E-state index contributed by atoms with van der Waals surface area (Å²) in [4.78, 5) is 23.6. The molecule has 0 amide bonds. The van der Waals surface area contributed by atoms with Crippen LogP contribution in [0.15, 0.2) is 246 Å². The maximum atomic E-state index is 5.12. The average Bonchev–Trinajstić information content (AvgIpc) is 3.36. The predicted octanol–water partition coefficient (Wildman–Crippen LogP) is 16.5. The van der Waals surface area contributed by atoms with Gasteiger partial charge in [-0.25, -0.2) is 0 Å². The normalized spacial score (nSPS) is 11.7. The lowest BCUT2D eigenvalue weighted by Gasteiger charge is -2.10. The summed E-state index contributed by atoms with van der Waals surface area (Å²) in [7, 11) is 0. The molecule has 4 nitrogen and oxygen atoms in total. The molecule has 0 atom stereocenters. The summed E-state index contributed by atoms with van der Waals surface area (Å²) in [5.41, 5.74) is 14.4. The first-order valence-corrected chi connectivity index (χ1v) is 23.0. The molecule has 0 saturated carbocycles. The van der Waals surface area contributed by atoms with Gasteiger partial charge in [0.2, 0.25) is 0 Å². The van der Waals surface area contributed by atoms with E-state index in [0.29, 0.717) is 22.7 Å². The average molecular weight is 923 g/mol. The Labute approximate surface area is 408 Å². The van der Waals surface area contributed by atoms with Gasteiger partial charge in [-0.2, -0.15) is 0 Å². The highest BCUT2D eigenvalue weighted by molar-refractivity contribution is 7.81. The zero-order chi connectivity index (χ0) is 45.2. The Kier molecular flexibility index (Phi) is 14.0. The van der Waals surface area contributed by atoms with Gasteiger partial charge in [0.05, 0.1) is 22.7 Å². The van der Waals surface area contributed by atoms with Crippen molar-refractivity contribution in [3.63, 3.8) is 0 Å². The minimum absolute atomic E-state index is 0.584. The molecule has 8 heteroatoms. The van der Waals surface area contributed by atoms with Gasteiger partial charge in [-0.3, -0.25) is 20.0 Å². The van der Waals surface area contributed by atoms with Crippen molar-refractivity contribution in [1.82, 2.24) is 0 Å². The smallest absolute Gasteiger partial charge is 0.0909 e. The molecule has 0 saturated heterocycles. The topological polar surface area (TPSA) is 49.4 Å². The van der Waals surface area contributed by atoms with Crippen molar-refractivity contribution in [2.24, 2.45) is 20.0 Å². The van der Waals surface area contributed by atoms with Crippen molar-refractivity contribution in [3.8, 4) is 44.5 Å². The first-order valence-electron chi connectivity index (χ1n) is 21.2. The van der Waals surface area contributed by atoms with E-state index in [1.165, 1.54) is 0 Å². The molecule has 9 aromatic rings. The Bertz CT molecular complexity index is 2840. The molecule has 66 heavy (non-hydrogen) atoms. The Morgan fingerprint density at radius 3 is 0.652 bits per heavy atom. The van der Waals surface area contributed by atoms with Crippen LogP contribution in [-0.2, 0) is 0 Å². The largest absolute Gasteiger partial charge is 0.254 e. The summed E-state index contributed by atoms with van der Waals surface area (Å²) in [5, 5.41) is 0. The van der Waals surface area contributed by atoms with Crippen LogP contribution in [-0.4, -0.2) is 24.9 Å². The first-order chi connectivity index (χ1) is 32.3. The summed E-state index contributed by atoms with van der Waals surface area (Å²) >= 11 is 19.4. The second-order valence-corrected chi connectivity index (χ2v) is 17.3. The van der Waals surface area contributed by atoms with E-state index in [1.807, 2.05) is 134 Å². The lowest BCUT2D eigenvalue weighted by atomic mass is 10.0. The Balaban J connectivity index is 1.19. The van der Waals surface area contributed by atoms with E-state index >= 15 is 0 Å². The number of aliphatic imine (C=N–C) groups is 4. The highest BCUT2D eigenvalue weighted by atomic mass is 32.1. The lowest BCUT2D eigenvalue weighted by Crippen LogP contribution is -1.89. The minimum atomic E-state index is 0.584. The SMILES string of the molecule is Sc1ccc(-c2ccccc2)cc1C=Nc1cc(N=Cc2cc(-c3ccccc3)ccc2S)c(N=Cc2cc(-c3ccccc3)ccc2S)cc1N=Cc1cc(-c2ccccc2)ccc1S. The fourth-order valence-corrected chi connectivity index (χ4v) is 8.18. The number of hydrogen-bond acceptors (Lipinski definition) is 8. The highest BCUT2D eigenvalue weighted by Gasteiger charge is 2.12. The van der Waals surface area contributed by atoms with Crippen molar-refractivity contribution in [2.45, 2.75) is 19.6 Å². The summed E-state index contributed by atoms with van der Waals surface area (Å²) < 4.78 is 0. The van der Waals surface area contributed by atoms with Gasteiger partial charge in [0, 0.05) is 66.7 Å². The second-order valence-electron chi connectivity index (χ2n) is 15.4. The lowest BCUT2D eigenvalue weighted by molar-refractivity contribution is 1.37. The van der Waals surface area contributed by atoms with Crippen LogP contribution >= 0.6 is 50.5 Å². The van der Waals surface area contributed by atoms with Crippen LogP contribution in [0.3, 0.4) is 0 Å². The van der Waals surface area contributed by atoms with Crippen LogP contribution < -0.4 is 0 Å². The van der Waals surface area contributed by atoms with Gasteiger partial charge in [0.1, 0.15) is 0 Å². The van der Waals surface area contributed by atoms with E-state index in [1.54, 1.807) is 0 Å². The molecule has 0 bridgehead atoms. The van der Waals surface area contributed by atoms with Gasteiger partial charge in [-0.1, -0.05) is 146 Å². The van der Waals surface area contributed by atoms with Crippen LogP contribution in [0.2, 0.25) is 0 Å². The molecule has 318 valence electrons. The van der Waals surface area contributed by atoms with Gasteiger partial charge < -0.3 is 0 Å². The van der Waals surface area contributed by atoms with Crippen LogP contribution in [0.25, 0.3) is 44.5 Å². The van der Waals surface area contributed by atoms with Crippen molar-refractivity contribution < 1.29 is 0 Å². The monoisotopic (exact) mass is 922 g/mol. The number of benzene rings is 9. The van der Waals surface area contributed by atoms with Crippen LogP contribution in [0.1, 0.15) is 22.3 Å². The Morgan fingerprint density at radius 1 is 0.227 bits per heavy atom. The Hall–Kier alpha value is -6.94. The predicted molar refractivity (Wildman–Crippen MR) is 292 cm³/mol. The third-order valence-electron chi connectivity index (χ3n) is 11.0. The molecule has 0 aromatic heterocycles. The summed E-state index contributed by atoms with van der Waals surface area (Å²) in [6.45, 7) is 0. The van der Waals surface area contributed by atoms with Crippen LogP contribution in [0.5, 0.6) is 0 Å². The molecule has 0 unspecified atom stereocenters. The Morgan fingerprint density at radius 2 is 0.439 bits per heavy atom. The van der Waals surface area contributed by atoms with E-state index in [2.05, 4.69) is 97.1 Å². The fraction of sp³-hybridized carbons (Fsp3) is 0. The molecular formula is C58H42N4S4. The molecule has 0 spiro atoms. The van der Waals surface area contributed by atoms with Gasteiger partial charge in [0.25, 0.3) is 0 Å². The van der Waals surface area contributed by atoms with Crippen molar-refractivity contribution >= 4 is 98.1 Å². The molecule has 0 fully saturated rings. The number of nitrogens with zero attached hydrogens (tertiary/aromatic N) is 4.